The average molecular weight is 279 g/mol. The highest BCUT2D eigenvalue weighted by Crippen LogP contribution is 2.18. The van der Waals surface area contributed by atoms with Crippen molar-refractivity contribution in [2.45, 2.75) is 26.4 Å². The van der Waals surface area contributed by atoms with Gasteiger partial charge >= 0.3 is 12.1 Å². The third kappa shape index (κ3) is 2.99. The van der Waals surface area contributed by atoms with Gasteiger partial charge in [0.2, 0.25) is 5.82 Å². The summed E-state index contributed by atoms with van der Waals surface area (Å²) in [4.78, 5) is 36.7. The van der Waals surface area contributed by atoms with Crippen LogP contribution in [0.15, 0.2) is 6.33 Å². The number of carbonyl (C=O) groups excluding carboxylic acids is 1. The summed E-state index contributed by atoms with van der Waals surface area (Å²) in [6.07, 6.45) is 0.578. The van der Waals surface area contributed by atoms with Gasteiger partial charge in [0.1, 0.15) is 11.1 Å². The second-order valence-corrected chi connectivity index (χ2v) is 4.93. The summed E-state index contributed by atoms with van der Waals surface area (Å²) < 4.78 is 5.08. The van der Waals surface area contributed by atoms with Gasteiger partial charge in [0.05, 0.1) is 6.33 Å². The zero-order valence-electron chi connectivity index (χ0n) is 11.1. The van der Waals surface area contributed by atoms with Gasteiger partial charge in [-0.05, 0) is 20.8 Å². The third-order valence-corrected chi connectivity index (χ3v) is 2.10. The van der Waals surface area contributed by atoms with E-state index in [0.29, 0.717) is 5.52 Å². The van der Waals surface area contributed by atoms with Crippen LogP contribution in [-0.4, -0.2) is 42.7 Å². The quantitative estimate of drug-likeness (QED) is 0.757. The number of carboxylic acids is 1. The predicted octanol–water partition coefficient (Wildman–Crippen LogP) is 1.40. The van der Waals surface area contributed by atoms with Crippen molar-refractivity contribution >= 4 is 29.0 Å². The first-order valence-corrected chi connectivity index (χ1v) is 5.71. The predicted molar refractivity (Wildman–Crippen MR) is 68.5 cm³/mol. The first kappa shape index (κ1) is 13.7. The minimum absolute atomic E-state index is 0.000787. The molecule has 2 aromatic rings. The Morgan fingerprint density at radius 3 is 2.65 bits per heavy atom. The number of ether oxygens (including phenoxy) is 1. The molecule has 0 aliphatic rings. The van der Waals surface area contributed by atoms with E-state index >= 15 is 0 Å². The van der Waals surface area contributed by atoms with Crippen LogP contribution in [0.5, 0.6) is 0 Å². The summed E-state index contributed by atoms with van der Waals surface area (Å²) in [5.74, 6) is -1.78. The molecule has 0 radical (unpaired) electrons. The molecule has 2 rings (SSSR count). The Kier molecular flexibility index (Phi) is 3.26. The van der Waals surface area contributed by atoms with E-state index in [4.69, 9.17) is 9.84 Å². The number of H-pyrrole nitrogens is 1. The standard InChI is InChI=1S/C11H13N5O4/c1-11(2,3)20-10(19)16-7-5-6(13-4-12-5)14-8(15-7)9(17)18/h4H,1-3H3,(H,17,18)(H2,12,13,14,15,16,19). The maximum atomic E-state index is 11.7. The highest BCUT2D eigenvalue weighted by molar-refractivity contribution is 5.95. The Morgan fingerprint density at radius 1 is 1.35 bits per heavy atom. The van der Waals surface area contributed by atoms with Gasteiger partial charge in [0.15, 0.2) is 11.5 Å². The molecular weight excluding hydrogens is 266 g/mol. The average Bonchev–Trinajstić information content (AvgIpc) is 2.74. The number of aromatic carboxylic acids is 1. The minimum atomic E-state index is -1.32. The van der Waals surface area contributed by atoms with E-state index in [2.05, 4.69) is 25.3 Å². The Balaban J connectivity index is 2.35. The lowest BCUT2D eigenvalue weighted by atomic mass is 10.2. The Bertz CT molecular complexity index is 673. The van der Waals surface area contributed by atoms with Crippen LogP contribution in [0, 0.1) is 0 Å². The molecular formula is C11H13N5O4. The van der Waals surface area contributed by atoms with Crippen LogP contribution in [0.25, 0.3) is 11.2 Å². The Morgan fingerprint density at radius 2 is 2.05 bits per heavy atom. The number of aromatic amines is 1. The lowest BCUT2D eigenvalue weighted by molar-refractivity contribution is 0.0630. The van der Waals surface area contributed by atoms with Gasteiger partial charge in [0, 0.05) is 0 Å². The van der Waals surface area contributed by atoms with Gasteiger partial charge in [-0.3, -0.25) is 5.32 Å². The molecule has 0 aromatic carbocycles. The number of amides is 1. The number of anilines is 1. The smallest absolute Gasteiger partial charge is 0.413 e. The molecule has 0 spiro atoms. The largest absolute Gasteiger partial charge is 0.475 e. The molecule has 1 amide bonds. The Hall–Kier alpha value is -2.71. The van der Waals surface area contributed by atoms with Crippen molar-refractivity contribution < 1.29 is 19.4 Å². The van der Waals surface area contributed by atoms with Gasteiger partial charge in [-0.1, -0.05) is 0 Å². The molecule has 0 fully saturated rings. The molecule has 0 bridgehead atoms. The van der Waals surface area contributed by atoms with Crippen LogP contribution in [0.4, 0.5) is 10.6 Å². The van der Waals surface area contributed by atoms with Gasteiger partial charge in [-0.15, -0.1) is 0 Å². The highest BCUT2D eigenvalue weighted by Gasteiger charge is 2.20. The number of carbonyl (C=O) groups is 2. The van der Waals surface area contributed by atoms with E-state index in [0.717, 1.165) is 0 Å². The highest BCUT2D eigenvalue weighted by atomic mass is 16.6. The van der Waals surface area contributed by atoms with Crippen LogP contribution in [0.3, 0.4) is 0 Å². The van der Waals surface area contributed by atoms with Crippen molar-refractivity contribution in [3.8, 4) is 0 Å². The molecule has 106 valence electrons. The number of aromatic nitrogens is 4. The van der Waals surface area contributed by atoms with Crippen molar-refractivity contribution in [2.75, 3.05) is 5.32 Å². The second kappa shape index (κ2) is 4.76. The van der Waals surface area contributed by atoms with Crippen molar-refractivity contribution in [3.63, 3.8) is 0 Å². The van der Waals surface area contributed by atoms with Crippen LogP contribution in [0.1, 0.15) is 31.4 Å². The first-order chi connectivity index (χ1) is 9.26. The topological polar surface area (TPSA) is 130 Å². The number of hydrogen-bond acceptors (Lipinski definition) is 6. The van der Waals surface area contributed by atoms with Crippen LogP contribution in [0.2, 0.25) is 0 Å². The summed E-state index contributed by atoms with van der Waals surface area (Å²) in [6.45, 7) is 5.13. The van der Waals surface area contributed by atoms with E-state index in [1.807, 2.05) is 0 Å². The molecule has 0 saturated heterocycles. The normalized spacial score (nSPS) is 11.3. The summed E-state index contributed by atoms with van der Waals surface area (Å²) in [5.41, 5.74) is -0.218. The molecule has 9 heteroatoms. The summed E-state index contributed by atoms with van der Waals surface area (Å²) >= 11 is 0. The molecule has 2 aromatic heterocycles. The van der Waals surface area contributed by atoms with Crippen LogP contribution in [-0.2, 0) is 4.74 Å². The van der Waals surface area contributed by atoms with Crippen molar-refractivity contribution in [3.05, 3.63) is 12.2 Å². The zero-order valence-corrected chi connectivity index (χ0v) is 11.1. The SMILES string of the molecule is CC(C)(C)OC(=O)Nc1nc(C(=O)O)nc2nc[nH]c12. The van der Waals surface area contributed by atoms with Crippen molar-refractivity contribution in [1.29, 1.82) is 0 Å². The molecule has 0 atom stereocenters. The summed E-state index contributed by atoms with van der Waals surface area (Å²) in [5, 5.41) is 11.3. The summed E-state index contributed by atoms with van der Waals surface area (Å²) in [6, 6.07) is 0. The molecule has 0 unspecified atom stereocenters. The molecule has 0 saturated carbocycles. The number of hydrogen-bond donors (Lipinski definition) is 3. The number of fused-ring (bicyclic) bond motifs is 1. The molecule has 2 heterocycles. The number of nitrogens with one attached hydrogen (secondary N) is 2. The number of imidazole rings is 1. The van der Waals surface area contributed by atoms with Crippen molar-refractivity contribution in [2.24, 2.45) is 0 Å². The van der Waals surface area contributed by atoms with Gasteiger partial charge in [-0.2, -0.15) is 0 Å². The molecule has 20 heavy (non-hydrogen) atoms. The lowest BCUT2D eigenvalue weighted by Gasteiger charge is -2.19. The lowest BCUT2D eigenvalue weighted by Crippen LogP contribution is -2.27. The molecule has 0 aliphatic heterocycles. The van der Waals surface area contributed by atoms with Gasteiger partial charge in [0.25, 0.3) is 0 Å². The fraction of sp³-hybridized carbons (Fsp3) is 0.364. The number of nitrogens with zero attached hydrogens (tertiary/aromatic N) is 3. The third-order valence-electron chi connectivity index (χ3n) is 2.10. The van der Waals surface area contributed by atoms with E-state index in [1.165, 1.54) is 6.33 Å². The maximum Gasteiger partial charge on any atom is 0.413 e. The number of carboxylic acid groups (broad SMARTS) is 1. The van der Waals surface area contributed by atoms with Crippen molar-refractivity contribution in [1.82, 2.24) is 19.9 Å². The summed E-state index contributed by atoms with van der Waals surface area (Å²) in [7, 11) is 0. The zero-order chi connectivity index (χ0) is 14.9. The fourth-order valence-corrected chi connectivity index (χ4v) is 1.42. The first-order valence-electron chi connectivity index (χ1n) is 5.71. The fourth-order valence-electron chi connectivity index (χ4n) is 1.42. The van der Waals surface area contributed by atoms with E-state index in [-0.39, 0.29) is 11.5 Å². The maximum absolute atomic E-state index is 11.7. The van der Waals surface area contributed by atoms with E-state index in [9.17, 15) is 9.59 Å². The van der Waals surface area contributed by atoms with Gasteiger partial charge < -0.3 is 14.8 Å². The molecule has 9 nitrogen and oxygen atoms in total. The Labute approximate surface area is 113 Å². The minimum Gasteiger partial charge on any atom is -0.475 e. The van der Waals surface area contributed by atoms with Gasteiger partial charge in [-0.25, -0.2) is 24.5 Å². The second-order valence-electron chi connectivity index (χ2n) is 4.93. The van der Waals surface area contributed by atoms with Crippen LogP contribution >= 0.6 is 0 Å². The van der Waals surface area contributed by atoms with Crippen LogP contribution < -0.4 is 5.32 Å². The van der Waals surface area contributed by atoms with E-state index in [1.54, 1.807) is 20.8 Å². The monoisotopic (exact) mass is 279 g/mol. The molecule has 0 aliphatic carbocycles. The molecule has 3 N–H and O–H groups in total. The van der Waals surface area contributed by atoms with E-state index < -0.39 is 23.5 Å². The number of rotatable bonds is 2.